The molecule has 0 saturated carbocycles. The van der Waals surface area contributed by atoms with Crippen LogP contribution in [-0.2, 0) is 13.0 Å². The van der Waals surface area contributed by atoms with Crippen molar-refractivity contribution in [2.45, 2.75) is 13.0 Å². The predicted molar refractivity (Wildman–Crippen MR) is 86.5 cm³/mol. The Morgan fingerprint density at radius 3 is 2.68 bits per heavy atom. The van der Waals surface area contributed by atoms with Gasteiger partial charge in [-0.25, -0.2) is 9.97 Å². The first-order valence-corrected chi connectivity index (χ1v) is 7.45. The van der Waals surface area contributed by atoms with Crippen LogP contribution in [0.2, 0.25) is 0 Å². The molecule has 0 atom stereocenters. The van der Waals surface area contributed by atoms with E-state index >= 15 is 0 Å². The molecule has 4 rings (SSSR count). The van der Waals surface area contributed by atoms with E-state index in [2.05, 4.69) is 39.1 Å². The summed E-state index contributed by atoms with van der Waals surface area (Å²) in [6, 6.07) is 14.5. The zero-order chi connectivity index (χ0) is 14.8. The van der Waals surface area contributed by atoms with Gasteiger partial charge in [0, 0.05) is 37.2 Å². The normalized spacial score (nSPS) is 13.7. The van der Waals surface area contributed by atoms with E-state index in [4.69, 9.17) is 4.98 Å². The average molecular weight is 288 g/mol. The molecule has 22 heavy (non-hydrogen) atoms. The maximum absolute atomic E-state index is 4.71. The van der Waals surface area contributed by atoms with Crippen molar-refractivity contribution in [3.8, 4) is 11.3 Å². The van der Waals surface area contributed by atoms with Gasteiger partial charge in [-0.2, -0.15) is 0 Å². The van der Waals surface area contributed by atoms with Crippen molar-refractivity contribution in [1.29, 1.82) is 0 Å². The molecule has 4 nitrogen and oxygen atoms in total. The van der Waals surface area contributed by atoms with Crippen molar-refractivity contribution in [1.82, 2.24) is 15.0 Å². The van der Waals surface area contributed by atoms with E-state index < -0.39 is 0 Å². The summed E-state index contributed by atoms with van der Waals surface area (Å²) in [7, 11) is 0. The van der Waals surface area contributed by atoms with E-state index in [1.54, 1.807) is 6.20 Å². The van der Waals surface area contributed by atoms with Crippen molar-refractivity contribution in [3.63, 3.8) is 0 Å². The summed E-state index contributed by atoms with van der Waals surface area (Å²) in [5.41, 5.74) is 4.73. The number of anilines is 1. The molecule has 3 aromatic rings. The first kappa shape index (κ1) is 13.0. The van der Waals surface area contributed by atoms with Crippen molar-refractivity contribution in [2.75, 3.05) is 11.4 Å². The number of benzene rings is 1. The van der Waals surface area contributed by atoms with Gasteiger partial charge < -0.3 is 4.90 Å². The van der Waals surface area contributed by atoms with Gasteiger partial charge in [-0.1, -0.05) is 24.3 Å². The number of fused-ring (bicyclic) bond motifs is 1. The fourth-order valence-electron chi connectivity index (χ4n) is 2.84. The van der Waals surface area contributed by atoms with E-state index in [1.165, 1.54) is 11.1 Å². The molecule has 1 aromatic carbocycles. The second-order valence-corrected chi connectivity index (χ2v) is 5.42. The summed E-state index contributed by atoms with van der Waals surface area (Å²) in [6.45, 7) is 1.82. The molecule has 1 aliphatic heterocycles. The molecule has 2 aromatic heterocycles. The molecule has 0 aliphatic carbocycles. The number of rotatable bonds is 2. The van der Waals surface area contributed by atoms with E-state index in [1.807, 2.05) is 30.6 Å². The molecular formula is C18H16N4. The molecule has 1 aliphatic rings. The van der Waals surface area contributed by atoms with Crippen molar-refractivity contribution < 1.29 is 0 Å². The lowest BCUT2D eigenvalue weighted by atomic mass is 10.0. The third kappa shape index (κ3) is 2.44. The molecule has 108 valence electrons. The monoisotopic (exact) mass is 288 g/mol. The molecule has 0 unspecified atom stereocenters. The third-order valence-electron chi connectivity index (χ3n) is 4.01. The van der Waals surface area contributed by atoms with Crippen LogP contribution < -0.4 is 4.90 Å². The quantitative estimate of drug-likeness (QED) is 0.726. The number of nitrogens with zero attached hydrogens (tertiary/aromatic N) is 4. The van der Waals surface area contributed by atoms with Gasteiger partial charge in [0.25, 0.3) is 0 Å². The highest BCUT2D eigenvalue weighted by Crippen LogP contribution is 2.23. The first-order chi connectivity index (χ1) is 10.9. The summed E-state index contributed by atoms with van der Waals surface area (Å²) in [5.74, 6) is 0.788. The third-order valence-corrected chi connectivity index (χ3v) is 4.01. The Hall–Kier alpha value is -2.75. The standard InChI is InChI=1S/C18H16N4/c1-2-5-16-13-22(11-8-14(16)4-1)18-20-10-7-17(21-18)15-6-3-9-19-12-15/h1-7,9-10,12H,8,11,13H2. The van der Waals surface area contributed by atoms with Crippen LogP contribution in [0.5, 0.6) is 0 Å². The summed E-state index contributed by atoms with van der Waals surface area (Å²) in [5, 5.41) is 0. The lowest BCUT2D eigenvalue weighted by Crippen LogP contribution is -2.31. The molecule has 0 saturated heterocycles. The van der Waals surface area contributed by atoms with Gasteiger partial charge in [0.15, 0.2) is 0 Å². The SMILES string of the molecule is c1cncc(-c2ccnc(N3CCc4ccccc4C3)n2)c1. The van der Waals surface area contributed by atoms with Gasteiger partial charge >= 0.3 is 0 Å². The molecule has 0 fully saturated rings. The molecule has 0 bridgehead atoms. The van der Waals surface area contributed by atoms with Crippen LogP contribution >= 0.6 is 0 Å². The van der Waals surface area contributed by atoms with E-state index in [-0.39, 0.29) is 0 Å². The van der Waals surface area contributed by atoms with Crippen molar-refractivity contribution >= 4 is 5.95 Å². The van der Waals surface area contributed by atoms with Crippen LogP contribution in [0, 0.1) is 0 Å². The maximum atomic E-state index is 4.71. The Labute approximate surface area is 129 Å². The lowest BCUT2D eigenvalue weighted by molar-refractivity contribution is 0.708. The van der Waals surface area contributed by atoms with E-state index in [0.29, 0.717) is 0 Å². The Bertz CT molecular complexity index is 786. The zero-order valence-corrected chi connectivity index (χ0v) is 12.2. The summed E-state index contributed by atoms with van der Waals surface area (Å²) >= 11 is 0. The van der Waals surface area contributed by atoms with Crippen LogP contribution in [0.4, 0.5) is 5.95 Å². The molecule has 0 amide bonds. The largest absolute Gasteiger partial charge is 0.336 e. The number of hydrogen-bond acceptors (Lipinski definition) is 4. The highest BCUT2D eigenvalue weighted by atomic mass is 15.2. The molecule has 0 N–H and O–H groups in total. The highest BCUT2D eigenvalue weighted by molar-refractivity contribution is 5.59. The van der Waals surface area contributed by atoms with E-state index in [0.717, 1.165) is 36.7 Å². The highest BCUT2D eigenvalue weighted by Gasteiger charge is 2.18. The van der Waals surface area contributed by atoms with Crippen LogP contribution in [0.15, 0.2) is 61.1 Å². The first-order valence-electron chi connectivity index (χ1n) is 7.45. The van der Waals surface area contributed by atoms with Crippen molar-refractivity contribution in [3.05, 3.63) is 72.2 Å². The fraction of sp³-hybridized carbons (Fsp3) is 0.167. The molecular weight excluding hydrogens is 272 g/mol. The van der Waals surface area contributed by atoms with Gasteiger partial charge in [0.2, 0.25) is 5.95 Å². The number of pyridine rings is 1. The fourth-order valence-corrected chi connectivity index (χ4v) is 2.84. The zero-order valence-electron chi connectivity index (χ0n) is 12.2. The smallest absolute Gasteiger partial charge is 0.226 e. The molecule has 4 heteroatoms. The Kier molecular flexibility index (Phi) is 3.27. The van der Waals surface area contributed by atoms with Gasteiger partial charge in [-0.3, -0.25) is 4.98 Å². The lowest BCUT2D eigenvalue weighted by Gasteiger charge is -2.28. The second-order valence-electron chi connectivity index (χ2n) is 5.42. The Balaban J connectivity index is 1.64. The van der Waals surface area contributed by atoms with Gasteiger partial charge in [0.05, 0.1) is 5.69 Å². The number of hydrogen-bond donors (Lipinski definition) is 0. The maximum Gasteiger partial charge on any atom is 0.226 e. The minimum Gasteiger partial charge on any atom is -0.336 e. The molecule has 0 radical (unpaired) electrons. The summed E-state index contributed by atoms with van der Waals surface area (Å²) in [6.07, 6.45) is 6.46. The van der Waals surface area contributed by atoms with Crippen LogP contribution in [-0.4, -0.2) is 21.5 Å². The minimum absolute atomic E-state index is 0.788. The van der Waals surface area contributed by atoms with Crippen molar-refractivity contribution in [2.24, 2.45) is 0 Å². The summed E-state index contributed by atoms with van der Waals surface area (Å²) < 4.78 is 0. The molecule has 0 spiro atoms. The number of aromatic nitrogens is 3. The molecule has 3 heterocycles. The van der Waals surface area contributed by atoms with Gasteiger partial charge in [-0.15, -0.1) is 0 Å². The van der Waals surface area contributed by atoms with Gasteiger partial charge in [-0.05, 0) is 35.7 Å². The summed E-state index contributed by atoms with van der Waals surface area (Å²) in [4.78, 5) is 15.6. The topological polar surface area (TPSA) is 41.9 Å². The Morgan fingerprint density at radius 2 is 1.82 bits per heavy atom. The van der Waals surface area contributed by atoms with Crippen LogP contribution in [0.1, 0.15) is 11.1 Å². The van der Waals surface area contributed by atoms with Crippen LogP contribution in [0.25, 0.3) is 11.3 Å². The van der Waals surface area contributed by atoms with E-state index in [9.17, 15) is 0 Å². The Morgan fingerprint density at radius 1 is 0.909 bits per heavy atom. The average Bonchev–Trinajstić information content (AvgIpc) is 2.62. The second kappa shape index (κ2) is 5.56. The van der Waals surface area contributed by atoms with Gasteiger partial charge in [0.1, 0.15) is 0 Å². The predicted octanol–water partition coefficient (Wildman–Crippen LogP) is 3.10. The van der Waals surface area contributed by atoms with Crippen LogP contribution in [0.3, 0.4) is 0 Å². The minimum atomic E-state index is 0.788.